The van der Waals surface area contributed by atoms with Crippen LogP contribution in [0.15, 0.2) is 54.6 Å². The molecule has 0 saturated heterocycles. The summed E-state index contributed by atoms with van der Waals surface area (Å²) in [6.45, 7) is 0. The van der Waals surface area contributed by atoms with Crippen LogP contribution in [0.1, 0.15) is 11.1 Å². The van der Waals surface area contributed by atoms with Gasteiger partial charge in [-0.05, 0) is 35.4 Å². The van der Waals surface area contributed by atoms with E-state index in [4.69, 9.17) is 0 Å². The van der Waals surface area contributed by atoms with Gasteiger partial charge in [0, 0.05) is 24.3 Å². The third-order valence-electron chi connectivity index (χ3n) is 2.92. The Morgan fingerprint density at radius 2 is 1.05 bits per heavy atom. The van der Waals surface area contributed by atoms with Crippen LogP contribution in [0.5, 0.6) is 0 Å². The summed E-state index contributed by atoms with van der Waals surface area (Å²) in [6, 6.07) is 9.27. The maximum atomic E-state index is 13.2. The smallest absolute Gasteiger partial charge is 0.258 e. The van der Waals surface area contributed by atoms with E-state index in [2.05, 4.69) is 0 Å². The van der Waals surface area contributed by atoms with Crippen molar-refractivity contribution in [1.82, 2.24) is 0 Å². The van der Waals surface area contributed by atoms with Crippen molar-refractivity contribution in [2.75, 3.05) is 0 Å². The molecule has 2 rings (SSSR count). The highest BCUT2D eigenvalue weighted by Gasteiger charge is 2.15. The first-order valence-electron chi connectivity index (χ1n) is 5.95. The summed E-state index contributed by atoms with van der Waals surface area (Å²) in [5.41, 5.74) is -0.694. The predicted octanol–water partition coefficient (Wildman–Crippen LogP) is 4.16. The van der Waals surface area contributed by atoms with E-state index in [9.17, 15) is 29.0 Å². The quantitative estimate of drug-likeness (QED) is 0.627. The monoisotopic (exact) mass is 306 g/mol. The first-order chi connectivity index (χ1) is 10.4. The van der Waals surface area contributed by atoms with Crippen molar-refractivity contribution in [3.63, 3.8) is 0 Å². The Labute approximate surface area is 122 Å². The van der Waals surface area contributed by atoms with Crippen LogP contribution >= 0.6 is 0 Å². The molecule has 112 valence electrons. The number of nitro groups is 2. The van der Waals surface area contributed by atoms with Gasteiger partial charge in [-0.15, -0.1) is 0 Å². The van der Waals surface area contributed by atoms with Gasteiger partial charge in [0.1, 0.15) is 0 Å². The molecule has 0 aliphatic heterocycles. The zero-order chi connectivity index (χ0) is 16.3. The number of benzene rings is 2. The van der Waals surface area contributed by atoms with Crippen LogP contribution in [0.25, 0.3) is 5.57 Å². The van der Waals surface area contributed by atoms with Crippen LogP contribution in [0, 0.1) is 20.2 Å². The van der Waals surface area contributed by atoms with E-state index in [1.807, 2.05) is 0 Å². The maximum absolute atomic E-state index is 13.2. The number of non-ortho nitro benzene ring substituents is 2. The van der Waals surface area contributed by atoms with Gasteiger partial charge in [0.15, 0.2) is 0 Å². The number of halogens is 2. The standard InChI is InChI=1S/C14H8F2N2O4/c15-14(16)13(9-1-5-11(6-2-9)17(19)20)10-3-7-12(8-4-10)18(21)22/h1-8H. The van der Waals surface area contributed by atoms with Gasteiger partial charge in [0.25, 0.3) is 17.5 Å². The molecular weight excluding hydrogens is 298 g/mol. The largest absolute Gasteiger partial charge is 0.278 e. The molecule has 0 fully saturated rings. The molecule has 2 aromatic rings. The summed E-state index contributed by atoms with van der Waals surface area (Å²) in [7, 11) is 0. The van der Waals surface area contributed by atoms with E-state index in [1.165, 1.54) is 24.3 Å². The van der Waals surface area contributed by atoms with Gasteiger partial charge in [0.2, 0.25) is 0 Å². The normalized spacial score (nSPS) is 10.1. The summed E-state index contributed by atoms with van der Waals surface area (Å²) >= 11 is 0. The van der Waals surface area contributed by atoms with E-state index in [0.717, 1.165) is 24.3 Å². The highest BCUT2D eigenvalue weighted by Crippen LogP contribution is 2.30. The Balaban J connectivity index is 2.45. The van der Waals surface area contributed by atoms with E-state index in [1.54, 1.807) is 0 Å². The number of rotatable bonds is 4. The molecule has 6 nitrogen and oxygen atoms in total. The molecule has 22 heavy (non-hydrogen) atoms. The highest BCUT2D eigenvalue weighted by atomic mass is 19.3. The van der Waals surface area contributed by atoms with E-state index in [-0.39, 0.29) is 22.5 Å². The minimum Gasteiger partial charge on any atom is -0.258 e. The fourth-order valence-corrected chi connectivity index (χ4v) is 1.88. The molecule has 0 unspecified atom stereocenters. The molecule has 0 heterocycles. The topological polar surface area (TPSA) is 86.3 Å². The molecule has 0 radical (unpaired) electrons. The van der Waals surface area contributed by atoms with Crippen molar-refractivity contribution >= 4 is 16.9 Å². The fraction of sp³-hybridized carbons (Fsp3) is 0. The fourth-order valence-electron chi connectivity index (χ4n) is 1.88. The minimum absolute atomic E-state index is 0.0828. The van der Waals surface area contributed by atoms with Crippen LogP contribution in [-0.2, 0) is 0 Å². The second-order valence-corrected chi connectivity index (χ2v) is 4.24. The highest BCUT2D eigenvalue weighted by molar-refractivity contribution is 5.81. The first-order valence-corrected chi connectivity index (χ1v) is 5.95. The summed E-state index contributed by atoms with van der Waals surface area (Å²) in [5, 5.41) is 21.1. The number of hydrogen-bond acceptors (Lipinski definition) is 4. The van der Waals surface area contributed by atoms with Crippen LogP contribution in [0.2, 0.25) is 0 Å². The zero-order valence-electron chi connectivity index (χ0n) is 10.9. The molecule has 0 bridgehead atoms. The number of nitro benzene ring substituents is 2. The van der Waals surface area contributed by atoms with Gasteiger partial charge < -0.3 is 0 Å². The van der Waals surface area contributed by atoms with Crippen molar-refractivity contribution in [1.29, 1.82) is 0 Å². The van der Waals surface area contributed by atoms with Crippen molar-refractivity contribution in [2.24, 2.45) is 0 Å². The summed E-state index contributed by atoms with van der Waals surface area (Å²) < 4.78 is 26.4. The van der Waals surface area contributed by atoms with Crippen molar-refractivity contribution in [3.8, 4) is 0 Å². The molecule has 2 aromatic carbocycles. The van der Waals surface area contributed by atoms with E-state index >= 15 is 0 Å². The molecule has 8 heteroatoms. The average Bonchev–Trinajstić information content (AvgIpc) is 2.48. The molecule has 0 amide bonds. The lowest BCUT2D eigenvalue weighted by atomic mass is 9.98. The lowest BCUT2D eigenvalue weighted by molar-refractivity contribution is -0.385. The van der Waals surface area contributed by atoms with Crippen molar-refractivity contribution < 1.29 is 18.6 Å². The third-order valence-corrected chi connectivity index (χ3v) is 2.92. The third kappa shape index (κ3) is 3.11. The van der Waals surface area contributed by atoms with Crippen LogP contribution in [0.3, 0.4) is 0 Å². The van der Waals surface area contributed by atoms with Gasteiger partial charge in [-0.2, -0.15) is 8.78 Å². The van der Waals surface area contributed by atoms with Crippen LogP contribution < -0.4 is 0 Å². The van der Waals surface area contributed by atoms with E-state index in [0.29, 0.717) is 0 Å². The van der Waals surface area contributed by atoms with Gasteiger partial charge in [-0.25, -0.2) is 0 Å². The van der Waals surface area contributed by atoms with E-state index < -0.39 is 21.5 Å². The van der Waals surface area contributed by atoms with Gasteiger partial charge in [-0.1, -0.05) is 0 Å². The van der Waals surface area contributed by atoms with Gasteiger partial charge in [0.05, 0.1) is 15.4 Å². The predicted molar refractivity (Wildman–Crippen MR) is 74.4 cm³/mol. The summed E-state index contributed by atoms with van der Waals surface area (Å²) in [6.07, 6.45) is -1.98. The average molecular weight is 306 g/mol. The van der Waals surface area contributed by atoms with Crippen molar-refractivity contribution in [3.05, 3.63) is 86.0 Å². The SMILES string of the molecule is O=[N+]([O-])c1ccc(C(=C(F)F)c2ccc([N+](=O)[O-])cc2)cc1. The molecule has 0 spiro atoms. The lowest BCUT2D eigenvalue weighted by Crippen LogP contribution is -1.93. The van der Waals surface area contributed by atoms with Gasteiger partial charge in [-0.3, -0.25) is 20.2 Å². The summed E-state index contributed by atoms with van der Waals surface area (Å²) in [5.74, 6) is 0. The Morgan fingerprint density at radius 1 is 0.727 bits per heavy atom. The van der Waals surface area contributed by atoms with Crippen LogP contribution in [-0.4, -0.2) is 9.85 Å². The first kappa shape index (κ1) is 15.2. The zero-order valence-corrected chi connectivity index (χ0v) is 10.9. The molecule has 0 saturated carbocycles. The molecule has 0 aromatic heterocycles. The molecule has 0 N–H and O–H groups in total. The molecule has 0 aliphatic carbocycles. The lowest BCUT2D eigenvalue weighted by Gasteiger charge is -2.07. The molecular formula is C14H8F2N2O4. The molecule has 0 atom stereocenters. The second-order valence-electron chi connectivity index (χ2n) is 4.24. The Morgan fingerprint density at radius 3 is 1.27 bits per heavy atom. The minimum atomic E-state index is -1.98. The second kappa shape index (κ2) is 6.08. The Bertz CT molecular complexity index is 692. The number of hydrogen-bond donors (Lipinski definition) is 0. The molecule has 0 aliphatic rings. The summed E-state index contributed by atoms with van der Waals surface area (Å²) in [4.78, 5) is 19.9. The Hall–Kier alpha value is -3.16. The maximum Gasteiger partial charge on any atom is 0.278 e. The number of nitrogens with zero attached hydrogens (tertiary/aromatic N) is 2. The van der Waals surface area contributed by atoms with Gasteiger partial charge >= 0.3 is 0 Å². The van der Waals surface area contributed by atoms with Crippen molar-refractivity contribution in [2.45, 2.75) is 0 Å². The Kier molecular flexibility index (Phi) is 4.21. The van der Waals surface area contributed by atoms with Crippen LogP contribution in [0.4, 0.5) is 20.2 Å².